The number of amides is 2. The lowest BCUT2D eigenvalue weighted by Gasteiger charge is -2.27. The fourth-order valence-electron chi connectivity index (χ4n) is 4.74. The van der Waals surface area contributed by atoms with Crippen molar-refractivity contribution in [3.8, 4) is 0 Å². The molecule has 2 amide bonds. The van der Waals surface area contributed by atoms with Gasteiger partial charge < -0.3 is 19.7 Å². The normalized spacial score (nSPS) is 20.4. The van der Waals surface area contributed by atoms with E-state index in [1.807, 2.05) is 28.5 Å². The molecule has 2 aliphatic heterocycles. The molecule has 1 atom stereocenters. The van der Waals surface area contributed by atoms with Crippen LogP contribution in [0.25, 0.3) is 0 Å². The average molecular weight is 443 g/mol. The first-order valence-electron chi connectivity index (χ1n) is 11.2. The number of nitrogens with zero attached hydrogens (tertiary/aromatic N) is 5. The summed E-state index contributed by atoms with van der Waals surface area (Å²) in [5.74, 6) is 0.732. The molecule has 1 fully saturated rings. The number of rotatable bonds is 6. The van der Waals surface area contributed by atoms with Gasteiger partial charge in [0.25, 0.3) is 5.91 Å². The fourth-order valence-corrected chi connectivity index (χ4v) is 4.74. The summed E-state index contributed by atoms with van der Waals surface area (Å²) in [7, 11) is 3.92. The van der Waals surface area contributed by atoms with Crippen LogP contribution in [0.4, 0.5) is 4.39 Å². The second kappa shape index (κ2) is 9.36. The predicted octanol–water partition coefficient (Wildman–Crippen LogP) is 1.51. The van der Waals surface area contributed by atoms with Gasteiger partial charge in [0.1, 0.15) is 11.6 Å². The standard InChI is InChI=1S/C23H31FN6O2/c1-28(2)13-10-25-22(32)21-27-26-19-6-7-23(9-12-30(19)21)8-11-29(16-23)20(31)15-17-4-3-5-18(24)14-17/h3-5,14H,6-13,15-16H2,1-2H3,(H,25,32)/t23-/m0/s1. The predicted molar refractivity (Wildman–Crippen MR) is 118 cm³/mol. The van der Waals surface area contributed by atoms with Crippen molar-refractivity contribution in [3.05, 3.63) is 47.3 Å². The molecule has 0 saturated carbocycles. The van der Waals surface area contributed by atoms with Crippen molar-refractivity contribution in [1.82, 2.24) is 29.9 Å². The van der Waals surface area contributed by atoms with E-state index in [9.17, 15) is 14.0 Å². The first kappa shape index (κ1) is 22.4. The van der Waals surface area contributed by atoms with Crippen LogP contribution in [0, 0.1) is 11.2 Å². The fraction of sp³-hybridized carbons (Fsp3) is 0.565. The van der Waals surface area contributed by atoms with E-state index in [1.165, 1.54) is 12.1 Å². The van der Waals surface area contributed by atoms with Crippen LogP contribution in [0.1, 0.15) is 41.3 Å². The number of halogens is 1. The van der Waals surface area contributed by atoms with Gasteiger partial charge in [0.2, 0.25) is 11.7 Å². The first-order chi connectivity index (χ1) is 15.3. The van der Waals surface area contributed by atoms with Crippen LogP contribution in [-0.4, -0.2) is 76.7 Å². The van der Waals surface area contributed by atoms with Gasteiger partial charge in [-0.15, -0.1) is 10.2 Å². The van der Waals surface area contributed by atoms with Gasteiger partial charge in [-0.05, 0) is 56.5 Å². The molecule has 1 aromatic heterocycles. The molecule has 9 heteroatoms. The molecule has 0 radical (unpaired) electrons. The third kappa shape index (κ3) is 4.98. The number of carbonyl (C=O) groups is 2. The summed E-state index contributed by atoms with van der Waals surface area (Å²) in [5.41, 5.74) is 0.727. The molecule has 1 spiro atoms. The minimum Gasteiger partial charge on any atom is -0.348 e. The number of hydrogen-bond acceptors (Lipinski definition) is 5. The van der Waals surface area contributed by atoms with Crippen molar-refractivity contribution in [2.45, 2.75) is 38.6 Å². The van der Waals surface area contributed by atoms with Crippen molar-refractivity contribution in [1.29, 1.82) is 0 Å². The van der Waals surface area contributed by atoms with Gasteiger partial charge in [0, 0.05) is 39.1 Å². The molecule has 1 aromatic carbocycles. The minimum absolute atomic E-state index is 0.0248. The lowest BCUT2D eigenvalue weighted by atomic mass is 9.80. The number of likely N-dealkylation sites (tertiary alicyclic amines) is 1. The lowest BCUT2D eigenvalue weighted by molar-refractivity contribution is -0.129. The highest BCUT2D eigenvalue weighted by Crippen LogP contribution is 2.41. The summed E-state index contributed by atoms with van der Waals surface area (Å²) in [4.78, 5) is 29.3. The third-order valence-electron chi connectivity index (χ3n) is 6.66. The molecule has 3 heterocycles. The van der Waals surface area contributed by atoms with Crippen LogP contribution in [0.3, 0.4) is 0 Å². The maximum Gasteiger partial charge on any atom is 0.289 e. The van der Waals surface area contributed by atoms with Crippen LogP contribution >= 0.6 is 0 Å². The van der Waals surface area contributed by atoms with Gasteiger partial charge >= 0.3 is 0 Å². The molecule has 2 aromatic rings. The van der Waals surface area contributed by atoms with Crippen molar-refractivity contribution in [2.24, 2.45) is 5.41 Å². The highest BCUT2D eigenvalue weighted by Gasteiger charge is 2.41. The van der Waals surface area contributed by atoms with Crippen LogP contribution in [0.15, 0.2) is 24.3 Å². The van der Waals surface area contributed by atoms with Crippen LogP contribution in [0.5, 0.6) is 0 Å². The van der Waals surface area contributed by atoms with Crippen molar-refractivity contribution < 1.29 is 14.0 Å². The zero-order valence-corrected chi connectivity index (χ0v) is 18.8. The zero-order chi connectivity index (χ0) is 22.7. The number of fused-ring (bicyclic) bond motifs is 1. The molecule has 172 valence electrons. The molecule has 2 aliphatic rings. The molecule has 8 nitrogen and oxygen atoms in total. The van der Waals surface area contributed by atoms with Crippen LogP contribution in [0.2, 0.25) is 0 Å². The Balaban J connectivity index is 1.37. The Morgan fingerprint density at radius 2 is 2.00 bits per heavy atom. The summed E-state index contributed by atoms with van der Waals surface area (Å²) < 4.78 is 15.4. The van der Waals surface area contributed by atoms with E-state index in [-0.39, 0.29) is 29.5 Å². The van der Waals surface area contributed by atoms with Crippen molar-refractivity contribution >= 4 is 11.8 Å². The van der Waals surface area contributed by atoms with E-state index in [4.69, 9.17) is 0 Å². The topological polar surface area (TPSA) is 83.4 Å². The van der Waals surface area contributed by atoms with E-state index < -0.39 is 0 Å². The highest BCUT2D eigenvalue weighted by molar-refractivity contribution is 5.90. The smallest absolute Gasteiger partial charge is 0.289 e. The van der Waals surface area contributed by atoms with E-state index in [2.05, 4.69) is 15.5 Å². The van der Waals surface area contributed by atoms with Crippen LogP contribution in [-0.2, 0) is 24.2 Å². The third-order valence-corrected chi connectivity index (χ3v) is 6.66. The average Bonchev–Trinajstić information content (AvgIpc) is 3.30. The number of hydrogen-bond donors (Lipinski definition) is 1. The van der Waals surface area contributed by atoms with E-state index in [0.717, 1.165) is 38.1 Å². The monoisotopic (exact) mass is 442 g/mol. The Morgan fingerprint density at radius 1 is 1.19 bits per heavy atom. The second-order valence-electron chi connectivity index (χ2n) is 9.27. The molecule has 0 bridgehead atoms. The molecule has 0 aliphatic carbocycles. The molecule has 1 N–H and O–H groups in total. The summed E-state index contributed by atoms with van der Waals surface area (Å²) in [5, 5.41) is 11.3. The van der Waals surface area contributed by atoms with Gasteiger partial charge in [-0.2, -0.15) is 0 Å². The maximum atomic E-state index is 13.4. The van der Waals surface area contributed by atoms with E-state index >= 15 is 0 Å². The Hall–Kier alpha value is -2.81. The van der Waals surface area contributed by atoms with Gasteiger partial charge in [0.15, 0.2) is 0 Å². The van der Waals surface area contributed by atoms with Gasteiger partial charge in [-0.1, -0.05) is 12.1 Å². The molecule has 1 saturated heterocycles. The number of likely N-dealkylation sites (N-methyl/N-ethyl adjacent to an activating group) is 1. The highest BCUT2D eigenvalue weighted by atomic mass is 19.1. The molecule has 0 unspecified atom stereocenters. The lowest BCUT2D eigenvalue weighted by Crippen LogP contribution is -2.34. The minimum atomic E-state index is -0.318. The largest absolute Gasteiger partial charge is 0.348 e. The SMILES string of the molecule is CN(C)CCNC(=O)c1nnc2n1CC[C@]1(CC2)CCN(C(=O)Cc2cccc(F)c2)C1. The summed E-state index contributed by atoms with van der Waals surface area (Å²) >= 11 is 0. The molecule has 4 rings (SSSR count). The molecule has 32 heavy (non-hydrogen) atoms. The Labute approximate surface area is 187 Å². The number of benzene rings is 1. The van der Waals surface area contributed by atoms with E-state index in [0.29, 0.717) is 37.6 Å². The maximum absolute atomic E-state index is 13.4. The van der Waals surface area contributed by atoms with Crippen LogP contribution < -0.4 is 5.32 Å². The number of carbonyl (C=O) groups excluding carboxylic acids is 2. The first-order valence-corrected chi connectivity index (χ1v) is 11.2. The number of nitrogens with one attached hydrogen (secondary N) is 1. The van der Waals surface area contributed by atoms with Gasteiger partial charge in [0.05, 0.1) is 6.42 Å². The van der Waals surface area contributed by atoms with Crippen molar-refractivity contribution in [2.75, 3.05) is 40.3 Å². The Morgan fingerprint density at radius 3 is 2.78 bits per heavy atom. The zero-order valence-electron chi connectivity index (χ0n) is 18.8. The summed E-state index contributed by atoms with van der Waals surface area (Å²) in [6.07, 6.45) is 3.68. The van der Waals surface area contributed by atoms with Gasteiger partial charge in [-0.25, -0.2) is 4.39 Å². The quantitative estimate of drug-likeness (QED) is 0.733. The molecular weight excluding hydrogens is 411 g/mol. The summed E-state index contributed by atoms with van der Waals surface area (Å²) in [6, 6.07) is 6.24. The number of aromatic nitrogens is 3. The molecular formula is C23H31FN6O2. The summed E-state index contributed by atoms with van der Waals surface area (Å²) in [6.45, 7) is 3.40. The Bertz CT molecular complexity index is 991. The second-order valence-corrected chi connectivity index (χ2v) is 9.27. The Kier molecular flexibility index (Phi) is 6.55. The number of aryl methyl sites for hydroxylation is 1. The van der Waals surface area contributed by atoms with Crippen molar-refractivity contribution in [3.63, 3.8) is 0 Å². The van der Waals surface area contributed by atoms with Gasteiger partial charge in [-0.3, -0.25) is 9.59 Å². The van der Waals surface area contributed by atoms with E-state index in [1.54, 1.807) is 12.1 Å².